The summed E-state index contributed by atoms with van der Waals surface area (Å²) in [6.07, 6.45) is 0. The van der Waals surface area contributed by atoms with Crippen molar-refractivity contribution in [1.29, 1.82) is 0 Å². The molecular formula is C27H34ClFN4O2. The Labute approximate surface area is 212 Å². The average Bonchev–Trinajstić information content (AvgIpc) is 2.82. The smallest absolute Gasteiger partial charge is 0.253 e. The molecule has 0 spiro atoms. The Hall–Kier alpha value is -2.64. The number of anilines is 1. The average molecular weight is 501 g/mol. The van der Waals surface area contributed by atoms with E-state index in [1.165, 1.54) is 6.07 Å². The summed E-state index contributed by atoms with van der Waals surface area (Å²) in [6, 6.07) is 12.2. The summed E-state index contributed by atoms with van der Waals surface area (Å²) in [5.41, 5.74) is 1.51. The summed E-state index contributed by atoms with van der Waals surface area (Å²) < 4.78 is 14.9. The number of amides is 2. The molecule has 2 aromatic rings. The highest BCUT2D eigenvalue weighted by Gasteiger charge is 2.36. The van der Waals surface area contributed by atoms with Gasteiger partial charge in [0.2, 0.25) is 5.91 Å². The second-order valence-corrected chi connectivity index (χ2v) is 11.0. The van der Waals surface area contributed by atoms with Crippen LogP contribution in [0.4, 0.5) is 10.1 Å². The lowest BCUT2D eigenvalue weighted by Crippen LogP contribution is -2.53. The first-order valence-corrected chi connectivity index (χ1v) is 12.6. The third-order valence-electron chi connectivity index (χ3n) is 6.73. The van der Waals surface area contributed by atoms with Crippen molar-refractivity contribution in [2.75, 3.05) is 44.2 Å². The number of hydrogen-bond donors (Lipinski definition) is 1. The van der Waals surface area contributed by atoms with E-state index in [1.807, 2.05) is 59.7 Å². The molecule has 4 rings (SSSR count). The third kappa shape index (κ3) is 5.62. The molecule has 0 aliphatic carbocycles. The molecule has 2 saturated heterocycles. The van der Waals surface area contributed by atoms with Crippen molar-refractivity contribution >= 4 is 29.1 Å². The summed E-state index contributed by atoms with van der Waals surface area (Å²) in [7, 11) is 0. The molecule has 2 amide bonds. The number of carbonyl (C=O) groups excluding carboxylic acids is 2. The molecule has 8 heteroatoms. The molecule has 0 saturated carbocycles. The zero-order chi connectivity index (χ0) is 25.3. The number of nitrogens with one attached hydrogen (secondary N) is 1. The van der Waals surface area contributed by atoms with Gasteiger partial charge in [-0.15, -0.1) is 0 Å². The first-order chi connectivity index (χ1) is 16.5. The van der Waals surface area contributed by atoms with Crippen LogP contribution >= 0.6 is 11.6 Å². The Morgan fingerprint density at radius 1 is 1.00 bits per heavy atom. The zero-order valence-electron chi connectivity index (χ0n) is 20.9. The number of halogens is 2. The van der Waals surface area contributed by atoms with Crippen molar-refractivity contribution in [3.05, 3.63) is 64.4 Å². The lowest BCUT2D eigenvalue weighted by Gasteiger charge is -2.44. The number of piperazine rings is 2. The molecule has 2 aliphatic rings. The Bertz CT molecular complexity index is 1090. The third-order valence-corrected chi connectivity index (χ3v) is 6.96. The maximum Gasteiger partial charge on any atom is 0.253 e. The number of hydrogen-bond acceptors (Lipinski definition) is 4. The molecule has 0 unspecified atom stereocenters. The second-order valence-electron chi connectivity index (χ2n) is 10.5. The van der Waals surface area contributed by atoms with Gasteiger partial charge in [0.25, 0.3) is 5.91 Å². The van der Waals surface area contributed by atoms with E-state index < -0.39 is 11.2 Å². The van der Waals surface area contributed by atoms with E-state index >= 15 is 0 Å². The van der Waals surface area contributed by atoms with Crippen LogP contribution in [-0.4, -0.2) is 66.9 Å². The van der Waals surface area contributed by atoms with Gasteiger partial charge in [0, 0.05) is 61.3 Å². The lowest BCUT2D eigenvalue weighted by molar-refractivity contribution is -0.140. The van der Waals surface area contributed by atoms with E-state index in [1.54, 1.807) is 12.1 Å². The molecule has 188 valence electrons. The Morgan fingerprint density at radius 2 is 1.71 bits per heavy atom. The van der Waals surface area contributed by atoms with Crippen LogP contribution in [-0.2, 0) is 4.79 Å². The topological polar surface area (TPSA) is 55.9 Å². The fraction of sp³-hybridized carbons (Fsp3) is 0.481. The fourth-order valence-corrected chi connectivity index (χ4v) is 5.04. The quantitative estimate of drug-likeness (QED) is 0.680. The van der Waals surface area contributed by atoms with Gasteiger partial charge >= 0.3 is 0 Å². The van der Waals surface area contributed by atoms with Crippen molar-refractivity contribution < 1.29 is 14.0 Å². The molecule has 2 atom stereocenters. The molecular weight excluding hydrogens is 467 g/mol. The van der Waals surface area contributed by atoms with E-state index in [4.69, 9.17) is 11.6 Å². The van der Waals surface area contributed by atoms with Gasteiger partial charge in [0.1, 0.15) is 5.82 Å². The van der Waals surface area contributed by atoms with E-state index in [0.717, 1.165) is 12.1 Å². The standard InChI is InChI=1S/C27H34ClFN4O2/c1-18-16-31(12-11-30-18)25(34)20-7-5-19(6-8-20)24-17-32(26(35)27(2,3)4)13-14-33(24)23-10-9-21(28)15-22(23)29/h5-10,15,18,24,30H,11-14,16-17H2,1-4H3/t18-,24+/m1/s1. The van der Waals surface area contributed by atoms with Gasteiger partial charge in [-0.05, 0) is 42.8 Å². The first kappa shape index (κ1) is 25.5. The Balaban J connectivity index is 1.62. The van der Waals surface area contributed by atoms with Crippen LogP contribution in [0.5, 0.6) is 0 Å². The largest absolute Gasteiger partial charge is 0.359 e. The Morgan fingerprint density at radius 3 is 2.34 bits per heavy atom. The second kappa shape index (κ2) is 10.2. The lowest BCUT2D eigenvalue weighted by atomic mass is 9.92. The van der Waals surface area contributed by atoms with Crippen LogP contribution in [0.2, 0.25) is 5.02 Å². The van der Waals surface area contributed by atoms with Crippen molar-refractivity contribution in [1.82, 2.24) is 15.1 Å². The first-order valence-electron chi connectivity index (χ1n) is 12.2. The summed E-state index contributed by atoms with van der Waals surface area (Å²) in [5.74, 6) is -0.310. The SMILES string of the molecule is C[C@@H]1CN(C(=O)c2ccc([C@@H]3CN(C(=O)C(C)(C)C)CCN3c3ccc(Cl)cc3F)cc2)CCN1. The van der Waals surface area contributed by atoms with Gasteiger partial charge in [-0.1, -0.05) is 44.5 Å². The molecule has 1 N–H and O–H groups in total. The molecule has 0 bridgehead atoms. The van der Waals surface area contributed by atoms with Gasteiger partial charge < -0.3 is 20.0 Å². The Kier molecular flexibility index (Phi) is 7.38. The van der Waals surface area contributed by atoms with E-state index in [0.29, 0.717) is 49.0 Å². The van der Waals surface area contributed by atoms with Crippen molar-refractivity contribution in [3.8, 4) is 0 Å². The molecule has 0 radical (unpaired) electrons. The van der Waals surface area contributed by atoms with Crippen LogP contribution in [0, 0.1) is 11.2 Å². The minimum atomic E-state index is -0.505. The van der Waals surface area contributed by atoms with Gasteiger partial charge in [0.15, 0.2) is 0 Å². The molecule has 6 nitrogen and oxygen atoms in total. The highest BCUT2D eigenvalue weighted by molar-refractivity contribution is 6.30. The van der Waals surface area contributed by atoms with Gasteiger partial charge in [-0.2, -0.15) is 0 Å². The molecule has 2 aromatic carbocycles. The van der Waals surface area contributed by atoms with E-state index in [9.17, 15) is 14.0 Å². The molecule has 2 heterocycles. The summed E-state index contributed by atoms with van der Waals surface area (Å²) in [4.78, 5) is 31.8. The van der Waals surface area contributed by atoms with E-state index in [-0.39, 0.29) is 23.9 Å². The van der Waals surface area contributed by atoms with Crippen LogP contribution in [0.3, 0.4) is 0 Å². The van der Waals surface area contributed by atoms with Crippen LogP contribution in [0.15, 0.2) is 42.5 Å². The van der Waals surface area contributed by atoms with E-state index in [2.05, 4.69) is 12.2 Å². The predicted octanol–water partition coefficient (Wildman–Crippen LogP) is 4.35. The minimum Gasteiger partial charge on any atom is -0.359 e. The van der Waals surface area contributed by atoms with Gasteiger partial charge in [0.05, 0.1) is 11.7 Å². The highest BCUT2D eigenvalue weighted by atomic mass is 35.5. The monoisotopic (exact) mass is 500 g/mol. The number of nitrogens with zero attached hydrogens (tertiary/aromatic N) is 3. The molecule has 0 aromatic heterocycles. The molecule has 2 aliphatic heterocycles. The summed E-state index contributed by atoms with van der Waals surface area (Å²) >= 11 is 5.99. The number of carbonyl (C=O) groups is 2. The fourth-order valence-electron chi connectivity index (χ4n) is 4.88. The molecule has 35 heavy (non-hydrogen) atoms. The molecule has 2 fully saturated rings. The number of benzene rings is 2. The van der Waals surface area contributed by atoms with Crippen LogP contribution < -0.4 is 10.2 Å². The van der Waals surface area contributed by atoms with Crippen LogP contribution in [0.25, 0.3) is 0 Å². The summed E-state index contributed by atoms with van der Waals surface area (Å²) in [5, 5.41) is 3.69. The maximum atomic E-state index is 14.9. The zero-order valence-corrected chi connectivity index (χ0v) is 21.6. The van der Waals surface area contributed by atoms with Crippen LogP contribution in [0.1, 0.15) is 49.7 Å². The van der Waals surface area contributed by atoms with Crippen molar-refractivity contribution in [3.63, 3.8) is 0 Å². The van der Waals surface area contributed by atoms with Gasteiger partial charge in [-0.25, -0.2) is 4.39 Å². The van der Waals surface area contributed by atoms with Crippen molar-refractivity contribution in [2.45, 2.75) is 39.8 Å². The number of rotatable bonds is 3. The maximum absolute atomic E-state index is 14.9. The van der Waals surface area contributed by atoms with Crippen molar-refractivity contribution in [2.24, 2.45) is 5.41 Å². The predicted molar refractivity (Wildman–Crippen MR) is 137 cm³/mol. The highest BCUT2D eigenvalue weighted by Crippen LogP contribution is 2.35. The normalized spacial score (nSPS) is 21.3. The minimum absolute atomic E-state index is 0.0127. The summed E-state index contributed by atoms with van der Waals surface area (Å²) in [6.45, 7) is 11.4. The van der Waals surface area contributed by atoms with Gasteiger partial charge in [-0.3, -0.25) is 9.59 Å².